The van der Waals surface area contributed by atoms with Crippen LogP contribution in [0.15, 0.2) is 0 Å². The topological polar surface area (TPSA) is 61.4 Å². The first kappa shape index (κ1) is 12.9. The predicted molar refractivity (Wildman–Crippen MR) is 71.5 cm³/mol. The van der Waals surface area contributed by atoms with Crippen molar-refractivity contribution in [2.24, 2.45) is 5.92 Å². The summed E-state index contributed by atoms with van der Waals surface area (Å²) >= 11 is 0. The third-order valence-electron chi connectivity index (χ3n) is 4.82. The van der Waals surface area contributed by atoms with Gasteiger partial charge in [-0.05, 0) is 25.7 Å². The molecule has 0 bridgehead atoms. The number of nitrogens with zero attached hydrogens (tertiary/aromatic N) is 1. The van der Waals surface area contributed by atoms with E-state index in [9.17, 15) is 9.59 Å². The van der Waals surface area contributed by atoms with Crippen molar-refractivity contribution in [3.05, 3.63) is 0 Å². The molecule has 2 unspecified atom stereocenters. The van der Waals surface area contributed by atoms with E-state index >= 15 is 0 Å². The molecule has 3 rings (SSSR count). The second-order valence-electron chi connectivity index (χ2n) is 6.01. The van der Waals surface area contributed by atoms with E-state index < -0.39 is 0 Å². The fraction of sp³-hybridized carbons (Fsp3) is 0.857. The zero-order valence-electron chi connectivity index (χ0n) is 11.4. The van der Waals surface area contributed by atoms with Gasteiger partial charge in [-0.2, -0.15) is 0 Å². The van der Waals surface area contributed by atoms with E-state index in [0.29, 0.717) is 19.1 Å². The van der Waals surface area contributed by atoms with Gasteiger partial charge in [0.2, 0.25) is 11.8 Å². The minimum Gasteiger partial charge on any atom is -0.354 e. The van der Waals surface area contributed by atoms with Gasteiger partial charge >= 0.3 is 0 Å². The monoisotopic (exact) mass is 265 g/mol. The fourth-order valence-corrected chi connectivity index (χ4v) is 3.72. The van der Waals surface area contributed by atoms with Crippen molar-refractivity contribution in [3.8, 4) is 0 Å². The molecule has 5 heteroatoms. The van der Waals surface area contributed by atoms with Crippen LogP contribution < -0.4 is 10.6 Å². The molecule has 0 aromatic rings. The van der Waals surface area contributed by atoms with Crippen molar-refractivity contribution >= 4 is 11.8 Å². The summed E-state index contributed by atoms with van der Waals surface area (Å²) in [4.78, 5) is 25.9. The van der Waals surface area contributed by atoms with Gasteiger partial charge in [0.1, 0.15) is 0 Å². The Labute approximate surface area is 114 Å². The lowest BCUT2D eigenvalue weighted by molar-refractivity contribution is -0.136. The van der Waals surface area contributed by atoms with Crippen LogP contribution in [-0.2, 0) is 9.59 Å². The Morgan fingerprint density at radius 3 is 2.84 bits per heavy atom. The summed E-state index contributed by atoms with van der Waals surface area (Å²) < 4.78 is 0. The molecule has 1 saturated carbocycles. The Hall–Kier alpha value is -1.10. The van der Waals surface area contributed by atoms with Crippen LogP contribution in [-0.4, -0.2) is 48.4 Å². The fourth-order valence-electron chi connectivity index (χ4n) is 3.72. The molecular weight excluding hydrogens is 242 g/mol. The molecule has 106 valence electrons. The van der Waals surface area contributed by atoms with E-state index in [1.165, 1.54) is 25.7 Å². The van der Waals surface area contributed by atoms with Gasteiger partial charge in [0.05, 0.1) is 18.5 Å². The number of hydrogen-bond acceptors (Lipinski definition) is 3. The molecule has 3 aliphatic rings. The largest absolute Gasteiger partial charge is 0.354 e. The highest BCUT2D eigenvalue weighted by molar-refractivity contribution is 5.85. The molecule has 0 aromatic heterocycles. The molecule has 0 spiro atoms. The van der Waals surface area contributed by atoms with Gasteiger partial charge in [-0.3, -0.25) is 9.59 Å². The molecule has 2 aliphatic heterocycles. The second kappa shape index (κ2) is 5.49. The molecule has 2 atom stereocenters. The summed E-state index contributed by atoms with van der Waals surface area (Å²) in [6.07, 6.45) is 6.82. The van der Waals surface area contributed by atoms with Crippen molar-refractivity contribution in [3.63, 3.8) is 0 Å². The number of carbonyl (C=O) groups is 2. The molecule has 1 aliphatic carbocycles. The standard InChI is InChI=1S/C14H23N3O2/c18-13(9-15-10-4-1-2-5-10)17-7-3-6-11-12(17)8-16-14(11)19/h10-12,15H,1-9H2,(H,16,19). The van der Waals surface area contributed by atoms with Crippen LogP contribution in [0, 0.1) is 5.92 Å². The minimum absolute atomic E-state index is 0.0316. The third kappa shape index (κ3) is 2.61. The lowest BCUT2D eigenvalue weighted by Crippen LogP contribution is -2.52. The van der Waals surface area contributed by atoms with E-state index in [1.807, 2.05) is 4.90 Å². The average molecular weight is 265 g/mol. The normalized spacial score (nSPS) is 31.4. The Kier molecular flexibility index (Phi) is 3.73. The highest BCUT2D eigenvalue weighted by Crippen LogP contribution is 2.27. The van der Waals surface area contributed by atoms with Crippen LogP contribution >= 0.6 is 0 Å². The Morgan fingerprint density at radius 1 is 1.26 bits per heavy atom. The minimum atomic E-state index is 0.0316. The lowest BCUT2D eigenvalue weighted by Gasteiger charge is -2.36. The first-order valence-corrected chi connectivity index (χ1v) is 7.56. The van der Waals surface area contributed by atoms with Crippen LogP contribution in [0.3, 0.4) is 0 Å². The Balaban J connectivity index is 1.55. The van der Waals surface area contributed by atoms with Gasteiger partial charge in [-0.15, -0.1) is 0 Å². The van der Waals surface area contributed by atoms with Crippen molar-refractivity contribution in [1.82, 2.24) is 15.5 Å². The molecule has 2 saturated heterocycles. The van der Waals surface area contributed by atoms with E-state index in [4.69, 9.17) is 0 Å². The van der Waals surface area contributed by atoms with E-state index in [0.717, 1.165) is 19.4 Å². The van der Waals surface area contributed by atoms with Crippen molar-refractivity contribution in [2.45, 2.75) is 50.6 Å². The average Bonchev–Trinajstić information content (AvgIpc) is 3.06. The molecule has 0 radical (unpaired) electrons. The van der Waals surface area contributed by atoms with Gasteiger partial charge < -0.3 is 15.5 Å². The van der Waals surface area contributed by atoms with Crippen LogP contribution in [0.1, 0.15) is 38.5 Å². The zero-order valence-corrected chi connectivity index (χ0v) is 11.4. The molecule has 5 nitrogen and oxygen atoms in total. The number of piperidine rings is 1. The van der Waals surface area contributed by atoms with E-state index in [-0.39, 0.29) is 23.8 Å². The summed E-state index contributed by atoms with van der Waals surface area (Å²) in [7, 11) is 0. The number of hydrogen-bond donors (Lipinski definition) is 2. The summed E-state index contributed by atoms with van der Waals surface area (Å²) in [6.45, 7) is 1.88. The van der Waals surface area contributed by atoms with E-state index in [1.54, 1.807) is 0 Å². The second-order valence-corrected chi connectivity index (χ2v) is 6.01. The first-order chi connectivity index (χ1) is 9.25. The summed E-state index contributed by atoms with van der Waals surface area (Å²) in [5.74, 6) is 0.327. The number of likely N-dealkylation sites (tertiary alicyclic amines) is 1. The molecule has 2 amide bonds. The summed E-state index contributed by atoms with van der Waals surface area (Å²) in [6, 6.07) is 0.618. The Morgan fingerprint density at radius 2 is 2.05 bits per heavy atom. The smallest absolute Gasteiger partial charge is 0.236 e. The number of nitrogens with one attached hydrogen (secondary N) is 2. The van der Waals surface area contributed by atoms with Crippen molar-refractivity contribution in [2.75, 3.05) is 19.6 Å². The third-order valence-corrected chi connectivity index (χ3v) is 4.82. The van der Waals surface area contributed by atoms with Crippen LogP contribution in [0.5, 0.6) is 0 Å². The quantitative estimate of drug-likeness (QED) is 0.769. The van der Waals surface area contributed by atoms with Gasteiger partial charge in [0, 0.05) is 19.1 Å². The maximum atomic E-state index is 12.3. The lowest BCUT2D eigenvalue weighted by atomic mass is 9.91. The van der Waals surface area contributed by atoms with Crippen molar-refractivity contribution < 1.29 is 9.59 Å². The van der Waals surface area contributed by atoms with Gasteiger partial charge in [-0.1, -0.05) is 12.8 Å². The molecule has 0 aromatic carbocycles. The predicted octanol–water partition coefficient (Wildman–Crippen LogP) is 0.256. The van der Waals surface area contributed by atoms with Crippen LogP contribution in [0.25, 0.3) is 0 Å². The summed E-state index contributed by atoms with van der Waals surface area (Å²) in [5, 5.41) is 6.26. The number of carbonyl (C=O) groups excluding carboxylic acids is 2. The molecular formula is C14H23N3O2. The molecule has 2 N–H and O–H groups in total. The summed E-state index contributed by atoms with van der Waals surface area (Å²) in [5.41, 5.74) is 0. The zero-order chi connectivity index (χ0) is 13.2. The van der Waals surface area contributed by atoms with Gasteiger partial charge in [0.15, 0.2) is 0 Å². The highest BCUT2D eigenvalue weighted by Gasteiger charge is 2.42. The maximum absolute atomic E-state index is 12.3. The Bertz CT molecular complexity index is 366. The first-order valence-electron chi connectivity index (χ1n) is 7.56. The van der Waals surface area contributed by atoms with Gasteiger partial charge in [-0.25, -0.2) is 0 Å². The SMILES string of the molecule is O=C1NCC2C1CCCN2C(=O)CNC1CCCC1. The number of fused-ring (bicyclic) bond motifs is 1. The highest BCUT2D eigenvalue weighted by atomic mass is 16.2. The van der Waals surface area contributed by atoms with Crippen LogP contribution in [0.4, 0.5) is 0 Å². The maximum Gasteiger partial charge on any atom is 0.236 e. The number of amides is 2. The van der Waals surface area contributed by atoms with Crippen LogP contribution in [0.2, 0.25) is 0 Å². The van der Waals surface area contributed by atoms with Gasteiger partial charge in [0.25, 0.3) is 0 Å². The van der Waals surface area contributed by atoms with E-state index in [2.05, 4.69) is 10.6 Å². The molecule has 3 fully saturated rings. The van der Waals surface area contributed by atoms with Crippen molar-refractivity contribution in [1.29, 1.82) is 0 Å². The number of rotatable bonds is 3. The molecule has 19 heavy (non-hydrogen) atoms. The molecule has 2 heterocycles.